The number of nitrogens with one attached hydrogen (secondary N) is 1. The molecule has 116 valence electrons. The van der Waals surface area contributed by atoms with Crippen molar-refractivity contribution in [1.82, 2.24) is 9.03 Å². The molecule has 0 radical (unpaired) electrons. The highest BCUT2D eigenvalue weighted by atomic mass is 35.5. The molecule has 3 aliphatic rings. The van der Waals surface area contributed by atoms with Crippen LogP contribution in [0.5, 0.6) is 5.75 Å². The summed E-state index contributed by atoms with van der Waals surface area (Å²) in [4.78, 5) is 0. The Morgan fingerprint density at radius 2 is 2.14 bits per heavy atom. The Bertz CT molecular complexity index is 616. The highest BCUT2D eigenvalue weighted by Gasteiger charge is 2.48. The van der Waals surface area contributed by atoms with Gasteiger partial charge in [-0.3, -0.25) is 0 Å². The molecule has 4 rings (SSSR count). The predicted octanol–water partition coefficient (Wildman–Crippen LogP) is 2.04. The van der Waals surface area contributed by atoms with Crippen LogP contribution in [0.2, 0.25) is 5.02 Å². The van der Waals surface area contributed by atoms with Crippen LogP contribution in [-0.2, 0) is 10.2 Å². The highest BCUT2D eigenvalue weighted by molar-refractivity contribution is 7.87. The summed E-state index contributed by atoms with van der Waals surface area (Å²) in [6.45, 7) is 2.69. The number of para-hydroxylation sites is 1. The van der Waals surface area contributed by atoms with Crippen LogP contribution in [0.25, 0.3) is 0 Å². The van der Waals surface area contributed by atoms with E-state index in [1.807, 2.05) is 19.1 Å². The largest absolute Gasteiger partial charge is 0.488 e. The fraction of sp³-hybridized carbons (Fsp3) is 0.571. The Morgan fingerprint density at radius 3 is 2.76 bits per heavy atom. The lowest BCUT2D eigenvalue weighted by Gasteiger charge is -2.26. The fourth-order valence-electron chi connectivity index (χ4n) is 2.89. The molecule has 1 aliphatic carbocycles. The molecular formula is C14H19ClN2O3S. The first-order valence-electron chi connectivity index (χ1n) is 7.13. The maximum Gasteiger partial charge on any atom is 0.279 e. The maximum absolute atomic E-state index is 12.2. The quantitative estimate of drug-likeness (QED) is 0.868. The van der Waals surface area contributed by atoms with Crippen molar-refractivity contribution in [3.8, 4) is 5.75 Å². The van der Waals surface area contributed by atoms with Gasteiger partial charge in [0.1, 0.15) is 11.9 Å². The van der Waals surface area contributed by atoms with Crippen molar-refractivity contribution in [3.63, 3.8) is 0 Å². The predicted molar refractivity (Wildman–Crippen MR) is 81.7 cm³/mol. The van der Waals surface area contributed by atoms with Gasteiger partial charge in [0, 0.05) is 19.1 Å². The summed E-state index contributed by atoms with van der Waals surface area (Å²) in [5.74, 6) is 1.12. The van der Waals surface area contributed by atoms with Gasteiger partial charge in [0.15, 0.2) is 0 Å². The average molecular weight is 331 g/mol. The van der Waals surface area contributed by atoms with Crippen molar-refractivity contribution >= 4 is 21.8 Å². The van der Waals surface area contributed by atoms with Crippen LogP contribution in [-0.4, -0.2) is 38.0 Å². The second-order valence-corrected chi connectivity index (χ2v) is 7.89. The molecular weight excluding hydrogens is 312 g/mol. The Balaban J connectivity index is 1.54. The van der Waals surface area contributed by atoms with E-state index in [-0.39, 0.29) is 18.7 Å². The standard InChI is InChI=1S/C14H19ClN2O3S/c1-10(20-14-5-3-2-4-13(14)15)8-16-21(18,19)17-9-11-6-12(17)7-11/h2-5,10-12,16H,6-9H2,1H3. The van der Waals surface area contributed by atoms with E-state index in [1.54, 1.807) is 16.4 Å². The third-order valence-electron chi connectivity index (χ3n) is 4.08. The fourth-order valence-corrected chi connectivity index (χ4v) is 4.65. The van der Waals surface area contributed by atoms with E-state index in [1.165, 1.54) is 0 Å². The van der Waals surface area contributed by atoms with E-state index >= 15 is 0 Å². The lowest BCUT2D eigenvalue weighted by molar-refractivity contribution is 0.223. The lowest BCUT2D eigenvalue weighted by Crippen LogP contribution is -2.44. The van der Waals surface area contributed by atoms with Gasteiger partial charge in [-0.1, -0.05) is 23.7 Å². The van der Waals surface area contributed by atoms with Gasteiger partial charge in [-0.2, -0.15) is 17.4 Å². The molecule has 1 N–H and O–H groups in total. The van der Waals surface area contributed by atoms with E-state index < -0.39 is 10.2 Å². The molecule has 0 amide bonds. The number of hydrogen-bond donors (Lipinski definition) is 1. The zero-order valence-electron chi connectivity index (χ0n) is 11.8. The molecule has 1 saturated carbocycles. The van der Waals surface area contributed by atoms with Gasteiger partial charge in [-0.05, 0) is 37.8 Å². The first-order chi connectivity index (χ1) is 9.95. The molecule has 0 aromatic heterocycles. The molecule has 3 fully saturated rings. The van der Waals surface area contributed by atoms with Crippen LogP contribution in [0.1, 0.15) is 19.8 Å². The van der Waals surface area contributed by atoms with Gasteiger partial charge in [0.05, 0.1) is 5.02 Å². The molecule has 1 aromatic rings. The molecule has 5 nitrogen and oxygen atoms in total. The minimum absolute atomic E-state index is 0.201. The van der Waals surface area contributed by atoms with Crippen molar-refractivity contribution in [2.24, 2.45) is 5.92 Å². The number of halogens is 1. The SMILES string of the molecule is CC(CNS(=O)(=O)N1CC2CC1C2)Oc1ccccc1Cl. The van der Waals surface area contributed by atoms with Crippen LogP contribution in [0, 0.1) is 5.92 Å². The summed E-state index contributed by atoms with van der Waals surface area (Å²) in [7, 11) is -3.39. The Morgan fingerprint density at radius 1 is 1.43 bits per heavy atom. The van der Waals surface area contributed by atoms with Gasteiger partial charge in [-0.15, -0.1) is 0 Å². The summed E-state index contributed by atoms with van der Waals surface area (Å²) >= 11 is 6.01. The first kappa shape index (κ1) is 15.1. The third kappa shape index (κ3) is 3.18. The normalized spacial score (nSPS) is 26.4. The van der Waals surface area contributed by atoms with Crippen molar-refractivity contribution in [3.05, 3.63) is 29.3 Å². The highest BCUT2D eigenvalue weighted by Crippen LogP contribution is 2.41. The van der Waals surface area contributed by atoms with E-state index in [0.29, 0.717) is 23.2 Å². The number of rotatable bonds is 6. The van der Waals surface area contributed by atoms with Crippen molar-refractivity contribution in [2.45, 2.75) is 31.9 Å². The van der Waals surface area contributed by atoms with Gasteiger partial charge < -0.3 is 4.74 Å². The zero-order valence-corrected chi connectivity index (χ0v) is 13.4. The molecule has 2 heterocycles. The summed E-state index contributed by atoms with van der Waals surface area (Å²) in [6.07, 6.45) is 1.72. The molecule has 2 bridgehead atoms. The topological polar surface area (TPSA) is 58.6 Å². The van der Waals surface area contributed by atoms with Gasteiger partial charge in [-0.25, -0.2) is 0 Å². The summed E-state index contributed by atoms with van der Waals surface area (Å²) in [5, 5.41) is 0.521. The molecule has 1 unspecified atom stereocenters. The molecule has 0 spiro atoms. The van der Waals surface area contributed by atoms with E-state index in [4.69, 9.17) is 16.3 Å². The van der Waals surface area contributed by atoms with E-state index in [9.17, 15) is 8.42 Å². The van der Waals surface area contributed by atoms with Gasteiger partial charge in [0.25, 0.3) is 10.2 Å². The molecule has 1 aromatic carbocycles. The van der Waals surface area contributed by atoms with Crippen LogP contribution < -0.4 is 9.46 Å². The summed E-state index contributed by atoms with van der Waals surface area (Å²) in [5.41, 5.74) is 0. The number of nitrogens with zero attached hydrogens (tertiary/aromatic N) is 1. The van der Waals surface area contributed by atoms with Gasteiger partial charge >= 0.3 is 0 Å². The zero-order chi connectivity index (χ0) is 15.0. The van der Waals surface area contributed by atoms with Crippen molar-refractivity contribution in [1.29, 1.82) is 0 Å². The smallest absolute Gasteiger partial charge is 0.279 e. The minimum Gasteiger partial charge on any atom is -0.488 e. The van der Waals surface area contributed by atoms with Crippen LogP contribution >= 0.6 is 11.6 Å². The second kappa shape index (κ2) is 5.76. The number of benzene rings is 1. The average Bonchev–Trinajstić information content (AvgIpc) is 3.00. The van der Waals surface area contributed by atoms with Gasteiger partial charge in [0.2, 0.25) is 0 Å². The summed E-state index contributed by atoms with van der Waals surface area (Å²) in [6, 6.07) is 7.36. The first-order valence-corrected chi connectivity index (χ1v) is 8.95. The number of ether oxygens (including phenoxy) is 1. The maximum atomic E-state index is 12.2. The Labute approximate surface area is 130 Å². The lowest BCUT2D eigenvalue weighted by atomic mass is 9.87. The van der Waals surface area contributed by atoms with Crippen molar-refractivity contribution in [2.75, 3.05) is 13.1 Å². The molecule has 21 heavy (non-hydrogen) atoms. The van der Waals surface area contributed by atoms with Crippen molar-refractivity contribution < 1.29 is 13.2 Å². The molecule has 7 heteroatoms. The number of fused-ring (bicyclic) bond motifs is 1. The molecule has 2 aliphatic heterocycles. The van der Waals surface area contributed by atoms with Crippen LogP contribution in [0.4, 0.5) is 0 Å². The molecule has 1 atom stereocenters. The second-order valence-electron chi connectivity index (χ2n) is 5.77. The Kier molecular flexibility index (Phi) is 4.14. The number of hydrogen-bond acceptors (Lipinski definition) is 3. The summed E-state index contributed by atoms with van der Waals surface area (Å²) < 4.78 is 34.3. The monoisotopic (exact) mass is 330 g/mol. The minimum atomic E-state index is -3.39. The van der Waals surface area contributed by atoms with Crippen LogP contribution in [0.3, 0.4) is 0 Å². The van der Waals surface area contributed by atoms with E-state index in [2.05, 4.69) is 4.72 Å². The molecule has 2 saturated heterocycles. The van der Waals surface area contributed by atoms with E-state index in [0.717, 1.165) is 12.8 Å². The Hall–Kier alpha value is -0.820. The van der Waals surface area contributed by atoms with Crippen LogP contribution in [0.15, 0.2) is 24.3 Å². The third-order valence-corrected chi connectivity index (χ3v) is 5.99.